The van der Waals surface area contributed by atoms with Gasteiger partial charge >= 0.3 is 0 Å². The van der Waals surface area contributed by atoms with Crippen LogP contribution in [0.4, 0.5) is 0 Å². The van der Waals surface area contributed by atoms with E-state index in [9.17, 15) is 9.59 Å². The summed E-state index contributed by atoms with van der Waals surface area (Å²) in [7, 11) is 0. The van der Waals surface area contributed by atoms with Crippen LogP contribution in [0, 0.1) is 5.92 Å². The smallest absolute Gasteiger partial charge is 0.242 e. The zero-order valence-electron chi connectivity index (χ0n) is 16.0. The van der Waals surface area contributed by atoms with E-state index in [0.29, 0.717) is 6.54 Å². The maximum Gasteiger partial charge on any atom is 0.242 e. The number of hydrogen-bond donors (Lipinski definition) is 2. The quantitative estimate of drug-likeness (QED) is 0.617. The first-order valence-electron chi connectivity index (χ1n) is 9.29. The zero-order valence-corrected chi connectivity index (χ0v) is 16.8. The molecule has 0 fully saturated rings. The molecule has 0 aliphatic rings. The first-order valence-corrected chi connectivity index (χ1v) is 10.4. The van der Waals surface area contributed by atoms with Gasteiger partial charge in [0.05, 0.1) is 6.42 Å². The van der Waals surface area contributed by atoms with E-state index in [-0.39, 0.29) is 24.2 Å². The predicted octanol–water partition coefficient (Wildman–Crippen LogP) is 3.42. The van der Waals surface area contributed by atoms with E-state index in [1.54, 1.807) is 11.8 Å². The van der Waals surface area contributed by atoms with Crippen LogP contribution in [0.3, 0.4) is 0 Å². The fourth-order valence-electron chi connectivity index (χ4n) is 2.66. The summed E-state index contributed by atoms with van der Waals surface area (Å²) >= 11 is 1.78. The van der Waals surface area contributed by atoms with Crippen molar-refractivity contribution in [2.24, 2.45) is 5.92 Å². The topological polar surface area (TPSA) is 58.2 Å². The molecule has 4 nitrogen and oxygen atoms in total. The van der Waals surface area contributed by atoms with Crippen LogP contribution in [0.2, 0.25) is 0 Å². The highest BCUT2D eigenvalue weighted by Crippen LogP contribution is 2.11. The highest BCUT2D eigenvalue weighted by Gasteiger charge is 2.23. The molecule has 2 N–H and O–H groups in total. The first kappa shape index (κ1) is 21.0. The summed E-state index contributed by atoms with van der Waals surface area (Å²) in [5.74, 6) is 1.54. The van der Waals surface area contributed by atoms with Gasteiger partial charge in [0, 0.05) is 18.1 Å². The molecule has 0 heterocycles. The minimum atomic E-state index is -0.514. The standard InChI is InChI=1S/C22H28N2O2S/c1-17(2)21(24-20(25)15-18-9-5-3-6-10-18)22(26)23-13-14-27-16-19-11-7-4-8-12-19/h3-12,17,21H,13-16H2,1-2H3,(H,23,26)(H,24,25)/t21-/m0/s1. The molecule has 2 aromatic carbocycles. The van der Waals surface area contributed by atoms with Crippen LogP contribution in [-0.2, 0) is 21.8 Å². The molecule has 0 spiro atoms. The van der Waals surface area contributed by atoms with Crippen molar-refractivity contribution in [2.45, 2.75) is 32.1 Å². The molecule has 5 heteroatoms. The van der Waals surface area contributed by atoms with Gasteiger partial charge < -0.3 is 10.6 Å². The first-order chi connectivity index (χ1) is 13.1. The lowest BCUT2D eigenvalue weighted by Crippen LogP contribution is -2.50. The maximum atomic E-state index is 12.5. The van der Waals surface area contributed by atoms with Crippen LogP contribution in [0.5, 0.6) is 0 Å². The lowest BCUT2D eigenvalue weighted by Gasteiger charge is -2.21. The van der Waals surface area contributed by atoms with Gasteiger partial charge in [-0.1, -0.05) is 74.5 Å². The van der Waals surface area contributed by atoms with Crippen molar-refractivity contribution >= 4 is 23.6 Å². The van der Waals surface area contributed by atoms with Crippen molar-refractivity contribution in [3.05, 3.63) is 71.8 Å². The molecule has 2 aromatic rings. The molecule has 0 aliphatic carbocycles. The highest BCUT2D eigenvalue weighted by molar-refractivity contribution is 7.98. The third-order valence-electron chi connectivity index (χ3n) is 4.13. The van der Waals surface area contributed by atoms with Crippen molar-refractivity contribution in [3.8, 4) is 0 Å². The minimum absolute atomic E-state index is 0.0293. The van der Waals surface area contributed by atoms with Gasteiger partial charge in [-0.2, -0.15) is 11.8 Å². The van der Waals surface area contributed by atoms with Crippen LogP contribution in [0.1, 0.15) is 25.0 Å². The number of amides is 2. The molecule has 27 heavy (non-hydrogen) atoms. The number of hydrogen-bond acceptors (Lipinski definition) is 3. The van der Waals surface area contributed by atoms with E-state index in [2.05, 4.69) is 22.8 Å². The molecule has 0 saturated carbocycles. The maximum absolute atomic E-state index is 12.5. The van der Waals surface area contributed by atoms with E-state index in [1.165, 1.54) is 5.56 Å². The monoisotopic (exact) mass is 384 g/mol. The van der Waals surface area contributed by atoms with Gasteiger partial charge in [0.1, 0.15) is 6.04 Å². The Hall–Kier alpha value is -2.27. The molecule has 0 bridgehead atoms. The van der Waals surface area contributed by atoms with Crippen molar-refractivity contribution in [2.75, 3.05) is 12.3 Å². The normalized spacial score (nSPS) is 11.8. The number of benzene rings is 2. The molecule has 0 aromatic heterocycles. The lowest BCUT2D eigenvalue weighted by atomic mass is 10.0. The van der Waals surface area contributed by atoms with E-state index < -0.39 is 6.04 Å². The Kier molecular flexibility index (Phi) is 8.92. The van der Waals surface area contributed by atoms with Crippen LogP contribution < -0.4 is 10.6 Å². The SMILES string of the molecule is CC(C)[C@H](NC(=O)Cc1ccccc1)C(=O)NCCSCc1ccccc1. The third kappa shape index (κ3) is 7.87. The van der Waals surface area contributed by atoms with Crippen LogP contribution in [-0.4, -0.2) is 30.2 Å². The minimum Gasteiger partial charge on any atom is -0.353 e. The van der Waals surface area contributed by atoms with Gasteiger partial charge in [0.25, 0.3) is 0 Å². The summed E-state index contributed by atoms with van der Waals surface area (Å²) in [6.45, 7) is 4.47. The summed E-state index contributed by atoms with van der Waals surface area (Å²) in [6, 6.07) is 19.3. The molecular weight excluding hydrogens is 356 g/mol. The van der Waals surface area contributed by atoms with Gasteiger partial charge in [0.2, 0.25) is 11.8 Å². The molecule has 0 saturated heterocycles. The fourth-order valence-corrected chi connectivity index (χ4v) is 3.48. The van der Waals surface area contributed by atoms with Gasteiger partial charge in [0.15, 0.2) is 0 Å². The van der Waals surface area contributed by atoms with Gasteiger partial charge in [-0.3, -0.25) is 9.59 Å². The average molecular weight is 385 g/mol. The second kappa shape index (κ2) is 11.4. The van der Waals surface area contributed by atoms with Gasteiger partial charge in [-0.25, -0.2) is 0 Å². The molecule has 0 unspecified atom stereocenters. The Morgan fingerprint density at radius 3 is 2.11 bits per heavy atom. The molecule has 0 aliphatic heterocycles. The van der Waals surface area contributed by atoms with Gasteiger partial charge in [-0.15, -0.1) is 0 Å². The summed E-state index contributed by atoms with van der Waals surface area (Å²) in [5, 5.41) is 5.82. The molecule has 2 rings (SSSR count). The Balaban J connectivity index is 1.72. The van der Waals surface area contributed by atoms with Crippen LogP contribution >= 0.6 is 11.8 Å². The van der Waals surface area contributed by atoms with Crippen molar-refractivity contribution < 1.29 is 9.59 Å². The number of thioether (sulfide) groups is 1. The third-order valence-corrected chi connectivity index (χ3v) is 5.16. The van der Waals surface area contributed by atoms with E-state index in [4.69, 9.17) is 0 Å². The number of carbonyl (C=O) groups is 2. The second-order valence-corrected chi connectivity index (χ2v) is 7.89. The summed E-state index contributed by atoms with van der Waals surface area (Å²) in [6.07, 6.45) is 0.282. The predicted molar refractivity (Wildman–Crippen MR) is 113 cm³/mol. The average Bonchev–Trinajstić information content (AvgIpc) is 2.67. The zero-order chi connectivity index (χ0) is 19.5. The number of nitrogens with one attached hydrogen (secondary N) is 2. The van der Waals surface area contributed by atoms with E-state index in [1.807, 2.05) is 62.4 Å². The van der Waals surface area contributed by atoms with Crippen LogP contribution in [0.15, 0.2) is 60.7 Å². The number of rotatable bonds is 10. The van der Waals surface area contributed by atoms with Crippen molar-refractivity contribution in [1.82, 2.24) is 10.6 Å². The largest absolute Gasteiger partial charge is 0.353 e. The Morgan fingerprint density at radius 2 is 1.52 bits per heavy atom. The Morgan fingerprint density at radius 1 is 0.926 bits per heavy atom. The fraction of sp³-hybridized carbons (Fsp3) is 0.364. The van der Waals surface area contributed by atoms with Gasteiger partial charge in [-0.05, 0) is 17.0 Å². The Bertz CT molecular complexity index is 705. The summed E-state index contributed by atoms with van der Waals surface area (Å²) in [4.78, 5) is 24.7. The number of carbonyl (C=O) groups excluding carboxylic acids is 2. The molecule has 2 amide bonds. The second-order valence-electron chi connectivity index (χ2n) is 6.78. The van der Waals surface area contributed by atoms with Crippen molar-refractivity contribution in [1.29, 1.82) is 0 Å². The summed E-state index contributed by atoms with van der Waals surface area (Å²) < 4.78 is 0. The molecule has 144 valence electrons. The molecular formula is C22H28N2O2S. The molecule has 0 radical (unpaired) electrons. The van der Waals surface area contributed by atoms with E-state index in [0.717, 1.165) is 17.1 Å². The highest BCUT2D eigenvalue weighted by atomic mass is 32.2. The van der Waals surface area contributed by atoms with Crippen LogP contribution in [0.25, 0.3) is 0 Å². The lowest BCUT2D eigenvalue weighted by molar-refractivity contribution is -0.129. The molecule has 1 atom stereocenters. The van der Waals surface area contributed by atoms with E-state index >= 15 is 0 Å². The summed E-state index contributed by atoms with van der Waals surface area (Å²) in [5.41, 5.74) is 2.22. The Labute approximate surface area is 166 Å². The van der Waals surface area contributed by atoms with Crippen molar-refractivity contribution in [3.63, 3.8) is 0 Å².